The maximum Gasteiger partial charge on any atom is 0.308 e. The van der Waals surface area contributed by atoms with Crippen LogP contribution < -0.4 is 0 Å². The molecule has 1 aromatic heterocycles. The molecule has 2 aromatic rings. The van der Waals surface area contributed by atoms with Crippen molar-refractivity contribution in [1.29, 1.82) is 0 Å². The van der Waals surface area contributed by atoms with E-state index < -0.39 is 11.9 Å². The largest absolute Gasteiger partial charge is 0.481 e. The summed E-state index contributed by atoms with van der Waals surface area (Å²) in [4.78, 5) is 29.5. The monoisotopic (exact) mass is 287 g/mol. The maximum absolute atomic E-state index is 12.5. The van der Waals surface area contributed by atoms with Crippen molar-refractivity contribution in [2.75, 3.05) is 13.1 Å². The van der Waals surface area contributed by atoms with Crippen LogP contribution >= 0.6 is 0 Å². The van der Waals surface area contributed by atoms with Crippen LogP contribution in [0.25, 0.3) is 11.0 Å². The molecule has 6 nitrogen and oxygen atoms in total. The van der Waals surface area contributed by atoms with Gasteiger partial charge in [0.25, 0.3) is 5.91 Å². The number of carboxylic acid groups (broad SMARTS) is 1. The van der Waals surface area contributed by atoms with E-state index in [4.69, 9.17) is 5.11 Å². The van der Waals surface area contributed by atoms with E-state index in [0.29, 0.717) is 12.1 Å². The molecule has 1 N–H and O–H groups in total. The number of hydrogen-bond donors (Lipinski definition) is 1. The second kappa shape index (κ2) is 4.87. The fourth-order valence-electron chi connectivity index (χ4n) is 2.91. The first-order valence-corrected chi connectivity index (χ1v) is 6.90. The number of carbonyl (C=O) groups excluding carboxylic acids is 1. The molecule has 1 aliphatic rings. The van der Waals surface area contributed by atoms with Crippen molar-refractivity contribution in [2.24, 2.45) is 18.9 Å². The number of benzene rings is 1. The molecule has 1 saturated heterocycles. The van der Waals surface area contributed by atoms with Gasteiger partial charge < -0.3 is 14.6 Å². The summed E-state index contributed by atoms with van der Waals surface area (Å²) in [5.41, 5.74) is 2.29. The predicted octanol–water partition coefficient (Wildman–Crippen LogP) is 1.37. The quantitative estimate of drug-likeness (QED) is 0.905. The molecule has 2 atom stereocenters. The summed E-state index contributed by atoms with van der Waals surface area (Å²) in [6.07, 6.45) is 1.71. The van der Waals surface area contributed by atoms with Gasteiger partial charge in [-0.25, -0.2) is 4.98 Å². The highest BCUT2D eigenvalue weighted by Gasteiger charge is 2.37. The van der Waals surface area contributed by atoms with Gasteiger partial charge in [-0.3, -0.25) is 9.59 Å². The Bertz CT molecular complexity index is 722. The Labute approximate surface area is 122 Å². The lowest BCUT2D eigenvalue weighted by molar-refractivity contribution is -0.142. The number of carbonyl (C=O) groups is 2. The zero-order valence-electron chi connectivity index (χ0n) is 12.0. The van der Waals surface area contributed by atoms with E-state index in [2.05, 4.69) is 4.98 Å². The Morgan fingerprint density at radius 1 is 1.33 bits per heavy atom. The van der Waals surface area contributed by atoms with Gasteiger partial charge in [0.15, 0.2) is 0 Å². The lowest BCUT2D eigenvalue weighted by Gasteiger charge is -2.15. The van der Waals surface area contributed by atoms with Crippen LogP contribution in [0, 0.1) is 11.8 Å². The summed E-state index contributed by atoms with van der Waals surface area (Å²) in [5.74, 6) is -1.46. The van der Waals surface area contributed by atoms with E-state index >= 15 is 0 Å². The van der Waals surface area contributed by atoms with E-state index in [1.54, 1.807) is 23.4 Å². The Morgan fingerprint density at radius 3 is 2.76 bits per heavy atom. The molecule has 1 fully saturated rings. The number of rotatable bonds is 2. The lowest BCUT2D eigenvalue weighted by Crippen LogP contribution is -2.29. The van der Waals surface area contributed by atoms with Gasteiger partial charge in [-0.2, -0.15) is 0 Å². The van der Waals surface area contributed by atoms with Crippen LogP contribution in [-0.2, 0) is 11.8 Å². The molecule has 21 heavy (non-hydrogen) atoms. The first-order valence-electron chi connectivity index (χ1n) is 6.90. The van der Waals surface area contributed by atoms with Gasteiger partial charge in [0.2, 0.25) is 0 Å². The van der Waals surface area contributed by atoms with Crippen LogP contribution in [0.15, 0.2) is 24.5 Å². The number of aryl methyl sites for hydroxylation is 1. The van der Waals surface area contributed by atoms with E-state index in [1.807, 2.05) is 24.6 Å². The predicted molar refractivity (Wildman–Crippen MR) is 76.9 cm³/mol. The van der Waals surface area contributed by atoms with Crippen molar-refractivity contribution in [3.63, 3.8) is 0 Å². The number of imidazole rings is 1. The third kappa shape index (κ3) is 2.26. The minimum atomic E-state index is -0.835. The van der Waals surface area contributed by atoms with Gasteiger partial charge in [-0.05, 0) is 24.1 Å². The zero-order chi connectivity index (χ0) is 15.1. The minimum absolute atomic E-state index is 0.0231. The molecule has 6 heteroatoms. The highest BCUT2D eigenvalue weighted by molar-refractivity contribution is 5.97. The van der Waals surface area contributed by atoms with Gasteiger partial charge in [-0.1, -0.05) is 6.92 Å². The van der Waals surface area contributed by atoms with Crippen molar-refractivity contribution in [3.8, 4) is 0 Å². The average Bonchev–Trinajstić information content (AvgIpc) is 3.01. The minimum Gasteiger partial charge on any atom is -0.481 e. The Hall–Kier alpha value is -2.37. The molecule has 0 bridgehead atoms. The molecule has 2 heterocycles. The third-order valence-corrected chi connectivity index (χ3v) is 4.19. The number of aliphatic carboxylic acids is 1. The van der Waals surface area contributed by atoms with Gasteiger partial charge >= 0.3 is 5.97 Å². The van der Waals surface area contributed by atoms with Crippen LogP contribution in [-0.4, -0.2) is 44.5 Å². The molecule has 0 radical (unpaired) electrons. The molecule has 1 aromatic carbocycles. The van der Waals surface area contributed by atoms with E-state index in [-0.39, 0.29) is 18.4 Å². The second-order valence-electron chi connectivity index (χ2n) is 5.69. The van der Waals surface area contributed by atoms with Gasteiger partial charge in [-0.15, -0.1) is 0 Å². The summed E-state index contributed by atoms with van der Waals surface area (Å²) in [5, 5.41) is 9.15. The highest BCUT2D eigenvalue weighted by atomic mass is 16.4. The average molecular weight is 287 g/mol. The fraction of sp³-hybridized carbons (Fsp3) is 0.400. The Balaban J connectivity index is 1.85. The molecule has 3 rings (SSSR count). The molecule has 1 aliphatic heterocycles. The molecule has 0 saturated carbocycles. The van der Waals surface area contributed by atoms with Crippen LogP contribution in [0.1, 0.15) is 17.3 Å². The standard InChI is InChI=1S/C15H17N3O3/c1-9-6-18(7-11(9)15(20)21)14(19)10-3-4-13-12(5-10)16-8-17(13)2/h3-5,8-9,11H,6-7H2,1-2H3,(H,20,21)/t9-,11-/m1/s1. The summed E-state index contributed by atoms with van der Waals surface area (Å²) >= 11 is 0. The van der Waals surface area contributed by atoms with Crippen molar-refractivity contribution in [3.05, 3.63) is 30.1 Å². The van der Waals surface area contributed by atoms with E-state index in [1.165, 1.54) is 0 Å². The fourth-order valence-corrected chi connectivity index (χ4v) is 2.91. The summed E-state index contributed by atoms with van der Waals surface area (Å²) < 4.78 is 1.89. The number of nitrogens with zero attached hydrogens (tertiary/aromatic N) is 3. The zero-order valence-corrected chi connectivity index (χ0v) is 12.0. The first kappa shape index (κ1) is 13.6. The lowest BCUT2D eigenvalue weighted by atomic mass is 9.99. The normalized spacial score (nSPS) is 21.9. The molecule has 0 unspecified atom stereocenters. The molecular weight excluding hydrogens is 270 g/mol. The van der Waals surface area contributed by atoms with Crippen LogP contribution in [0.4, 0.5) is 0 Å². The Kier molecular flexibility index (Phi) is 3.16. The number of carboxylic acids is 1. The molecule has 1 amide bonds. The topological polar surface area (TPSA) is 75.4 Å². The number of fused-ring (bicyclic) bond motifs is 1. The SMILES string of the molecule is C[C@@H]1CN(C(=O)c2ccc3c(c2)ncn3C)C[C@H]1C(=O)O. The molecule has 0 spiro atoms. The van der Waals surface area contributed by atoms with E-state index in [9.17, 15) is 9.59 Å². The second-order valence-corrected chi connectivity index (χ2v) is 5.69. The number of aromatic nitrogens is 2. The maximum atomic E-state index is 12.5. The van der Waals surface area contributed by atoms with Crippen molar-refractivity contribution >= 4 is 22.9 Å². The summed E-state index contributed by atoms with van der Waals surface area (Å²) in [6, 6.07) is 5.39. The molecule has 110 valence electrons. The number of likely N-dealkylation sites (tertiary alicyclic amines) is 1. The van der Waals surface area contributed by atoms with Crippen molar-refractivity contribution in [2.45, 2.75) is 6.92 Å². The first-order chi connectivity index (χ1) is 9.97. The summed E-state index contributed by atoms with van der Waals surface area (Å²) in [6.45, 7) is 2.62. The van der Waals surface area contributed by atoms with Gasteiger partial charge in [0, 0.05) is 25.7 Å². The van der Waals surface area contributed by atoms with E-state index in [0.717, 1.165) is 11.0 Å². The number of amides is 1. The van der Waals surface area contributed by atoms with Gasteiger partial charge in [0.1, 0.15) is 0 Å². The summed E-state index contributed by atoms with van der Waals surface area (Å²) in [7, 11) is 1.90. The molecule has 0 aliphatic carbocycles. The Morgan fingerprint density at radius 2 is 2.10 bits per heavy atom. The van der Waals surface area contributed by atoms with Crippen molar-refractivity contribution in [1.82, 2.24) is 14.5 Å². The smallest absolute Gasteiger partial charge is 0.308 e. The van der Waals surface area contributed by atoms with Gasteiger partial charge in [0.05, 0.1) is 23.3 Å². The number of hydrogen-bond acceptors (Lipinski definition) is 3. The molecular formula is C15H17N3O3. The third-order valence-electron chi connectivity index (χ3n) is 4.19. The van der Waals surface area contributed by atoms with Crippen molar-refractivity contribution < 1.29 is 14.7 Å². The highest BCUT2D eigenvalue weighted by Crippen LogP contribution is 2.25. The van der Waals surface area contributed by atoms with Crippen LogP contribution in [0.3, 0.4) is 0 Å². The van der Waals surface area contributed by atoms with Crippen LogP contribution in [0.5, 0.6) is 0 Å². The van der Waals surface area contributed by atoms with Crippen LogP contribution in [0.2, 0.25) is 0 Å².